The summed E-state index contributed by atoms with van der Waals surface area (Å²) in [5, 5.41) is 4.44. The first-order valence-corrected chi connectivity index (χ1v) is 9.24. The Kier molecular flexibility index (Phi) is 8.87. The van der Waals surface area contributed by atoms with Crippen molar-refractivity contribution in [2.45, 2.75) is 19.7 Å². The molecule has 7 heteroatoms. The maximum Gasteiger partial charge on any atom is 0.161 e. The van der Waals surface area contributed by atoms with Gasteiger partial charge in [0.15, 0.2) is 11.5 Å². The van der Waals surface area contributed by atoms with Crippen molar-refractivity contribution in [2.24, 2.45) is 0 Å². The Morgan fingerprint density at radius 2 is 1.68 bits per heavy atom. The average Bonchev–Trinajstić information content (AvgIpc) is 2.70. The highest BCUT2D eigenvalue weighted by atomic mass is 35.5. The Morgan fingerprint density at radius 1 is 0.893 bits per heavy atom. The lowest BCUT2D eigenvalue weighted by molar-refractivity contribution is 0.284. The Labute approximate surface area is 181 Å². The zero-order valence-corrected chi connectivity index (χ0v) is 17.7. The number of rotatable bonds is 8. The molecule has 0 fully saturated rings. The third-order valence-corrected chi connectivity index (χ3v) is 4.73. The fourth-order valence-electron chi connectivity index (χ4n) is 2.59. The second-order valence-electron chi connectivity index (χ2n) is 5.99. The molecule has 0 spiro atoms. The lowest BCUT2D eigenvalue weighted by Crippen LogP contribution is -2.12. The molecule has 0 unspecified atom stereocenters. The van der Waals surface area contributed by atoms with Crippen molar-refractivity contribution in [3.05, 3.63) is 87.7 Å². The Bertz CT molecular complexity index is 892. The Morgan fingerprint density at radius 3 is 2.39 bits per heavy atom. The van der Waals surface area contributed by atoms with Crippen molar-refractivity contribution >= 4 is 35.6 Å². The smallest absolute Gasteiger partial charge is 0.161 e. The maximum atomic E-state index is 6.04. The number of ether oxygens (including phenoxy) is 2. The molecule has 1 N–H and O–H groups in total. The summed E-state index contributed by atoms with van der Waals surface area (Å²) in [6, 6.07) is 15.3. The average molecular weight is 440 g/mol. The number of methoxy groups -OCH3 is 1. The summed E-state index contributed by atoms with van der Waals surface area (Å²) in [4.78, 5) is 4.11. The van der Waals surface area contributed by atoms with E-state index in [0.29, 0.717) is 28.2 Å². The Hall–Kier alpha value is -1.98. The van der Waals surface area contributed by atoms with Gasteiger partial charge in [-0.05, 0) is 47.0 Å². The summed E-state index contributed by atoms with van der Waals surface area (Å²) in [6.45, 7) is 1.86. The van der Waals surface area contributed by atoms with E-state index in [0.717, 1.165) is 29.8 Å². The van der Waals surface area contributed by atoms with Gasteiger partial charge in [0.2, 0.25) is 0 Å². The first kappa shape index (κ1) is 22.3. The molecule has 0 aliphatic heterocycles. The van der Waals surface area contributed by atoms with Crippen LogP contribution in [0.1, 0.15) is 16.7 Å². The van der Waals surface area contributed by atoms with Gasteiger partial charge in [-0.1, -0.05) is 41.4 Å². The van der Waals surface area contributed by atoms with E-state index in [2.05, 4.69) is 10.3 Å². The highest BCUT2D eigenvalue weighted by molar-refractivity contribution is 6.42. The van der Waals surface area contributed by atoms with Gasteiger partial charge in [-0.25, -0.2) is 0 Å². The first-order valence-electron chi connectivity index (χ1n) is 8.49. The van der Waals surface area contributed by atoms with E-state index in [1.54, 1.807) is 25.4 Å². The van der Waals surface area contributed by atoms with E-state index in [1.165, 1.54) is 0 Å². The van der Waals surface area contributed by atoms with Gasteiger partial charge in [-0.2, -0.15) is 0 Å². The van der Waals surface area contributed by atoms with Crippen LogP contribution in [0.3, 0.4) is 0 Å². The third-order valence-electron chi connectivity index (χ3n) is 3.99. The molecule has 3 rings (SSSR count). The molecule has 0 atom stereocenters. The highest BCUT2D eigenvalue weighted by Crippen LogP contribution is 2.29. The largest absolute Gasteiger partial charge is 0.493 e. The quantitative estimate of drug-likeness (QED) is 0.490. The maximum absolute atomic E-state index is 6.04. The Balaban J connectivity index is 0.00000280. The lowest BCUT2D eigenvalue weighted by Gasteiger charge is -2.13. The van der Waals surface area contributed by atoms with Crippen LogP contribution in [-0.4, -0.2) is 12.1 Å². The van der Waals surface area contributed by atoms with Crippen LogP contribution in [0.4, 0.5) is 0 Å². The van der Waals surface area contributed by atoms with E-state index in [9.17, 15) is 0 Å². The monoisotopic (exact) mass is 438 g/mol. The van der Waals surface area contributed by atoms with Gasteiger partial charge in [-0.3, -0.25) is 4.98 Å². The molecule has 0 saturated heterocycles. The van der Waals surface area contributed by atoms with Gasteiger partial charge in [0.1, 0.15) is 6.61 Å². The zero-order chi connectivity index (χ0) is 19.1. The summed E-state index contributed by atoms with van der Waals surface area (Å²) in [7, 11) is 1.63. The predicted molar refractivity (Wildman–Crippen MR) is 116 cm³/mol. The van der Waals surface area contributed by atoms with Crippen LogP contribution in [0.5, 0.6) is 11.5 Å². The van der Waals surface area contributed by atoms with Gasteiger partial charge in [-0.15, -0.1) is 12.4 Å². The van der Waals surface area contributed by atoms with Crippen molar-refractivity contribution in [1.29, 1.82) is 0 Å². The molecule has 0 aliphatic carbocycles. The zero-order valence-electron chi connectivity index (χ0n) is 15.3. The number of halogens is 3. The molecule has 1 heterocycles. The van der Waals surface area contributed by atoms with Crippen LogP contribution in [0.2, 0.25) is 10.0 Å². The van der Waals surface area contributed by atoms with E-state index in [1.807, 2.05) is 42.6 Å². The van der Waals surface area contributed by atoms with Crippen molar-refractivity contribution in [1.82, 2.24) is 10.3 Å². The minimum absolute atomic E-state index is 0. The minimum Gasteiger partial charge on any atom is -0.493 e. The topological polar surface area (TPSA) is 43.4 Å². The summed E-state index contributed by atoms with van der Waals surface area (Å²) in [5.74, 6) is 1.37. The number of pyridine rings is 1. The van der Waals surface area contributed by atoms with Crippen molar-refractivity contribution in [3.8, 4) is 11.5 Å². The molecule has 28 heavy (non-hydrogen) atoms. The number of benzene rings is 2. The summed E-state index contributed by atoms with van der Waals surface area (Å²) in [6.07, 6.45) is 3.62. The van der Waals surface area contributed by atoms with Crippen LogP contribution in [0.25, 0.3) is 0 Å². The minimum atomic E-state index is 0. The second-order valence-corrected chi connectivity index (χ2v) is 6.80. The van der Waals surface area contributed by atoms with E-state index in [4.69, 9.17) is 32.7 Å². The fraction of sp³-hybridized carbons (Fsp3) is 0.190. The van der Waals surface area contributed by atoms with Crippen LogP contribution in [0, 0.1) is 0 Å². The molecule has 2 aromatic carbocycles. The van der Waals surface area contributed by atoms with Gasteiger partial charge in [0.25, 0.3) is 0 Å². The summed E-state index contributed by atoms with van der Waals surface area (Å²) >= 11 is 12.0. The number of nitrogens with zero attached hydrogens (tertiary/aromatic N) is 1. The van der Waals surface area contributed by atoms with Gasteiger partial charge >= 0.3 is 0 Å². The molecule has 3 aromatic rings. The lowest BCUT2D eigenvalue weighted by atomic mass is 10.2. The van der Waals surface area contributed by atoms with Crippen LogP contribution in [0.15, 0.2) is 60.9 Å². The van der Waals surface area contributed by atoms with Crippen molar-refractivity contribution in [3.63, 3.8) is 0 Å². The molecule has 0 aliphatic rings. The summed E-state index contributed by atoms with van der Waals surface area (Å²) < 4.78 is 11.4. The predicted octanol–water partition coefficient (Wildman–Crippen LogP) is 5.69. The van der Waals surface area contributed by atoms with Crippen LogP contribution >= 0.6 is 35.6 Å². The molecule has 1 aromatic heterocycles. The molecule has 0 bridgehead atoms. The normalized spacial score (nSPS) is 10.2. The molecular weight excluding hydrogens is 419 g/mol. The van der Waals surface area contributed by atoms with Crippen molar-refractivity contribution < 1.29 is 9.47 Å². The molecule has 4 nitrogen and oxygen atoms in total. The second kappa shape index (κ2) is 11.1. The third kappa shape index (κ3) is 6.28. The highest BCUT2D eigenvalue weighted by Gasteiger charge is 2.07. The van der Waals surface area contributed by atoms with Gasteiger partial charge < -0.3 is 14.8 Å². The molecule has 0 saturated carbocycles. The van der Waals surface area contributed by atoms with E-state index >= 15 is 0 Å². The summed E-state index contributed by atoms with van der Waals surface area (Å²) in [5.41, 5.74) is 3.19. The molecule has 0 radical (unpaired) electrons. The van der Waals surface area contributed by atoms with Crippen LogP contribution in [-0.2, 0) is 19.7 Å². The number of hydrogen-bond donors (Lipinski definition) is 1. The van der Waals surface area contributed by atoms with Gasteiger partial charge in [0.05, 0.1) is 17.2 Å². The van der Waals surface area contributed by atoms with Crippen molar-refractivity contribution in [2.75, 3.05) is 7.11 Å². The first-order chi connectivity index (χ1) is 13.2. The fourth-order valence-corrected chi connectivity index (χ4v) is 2.91. The van der Waals surface area contributed by atoms with Gasteiger partial charge in [0, 0.05) is 25.5 Å². The van der Waals surface area contributed by atoms with Crippen LogP contribution < -0.4 is 14.8 Å². The standard InChI is InChI=1S/C21H20Cl2N2O2.ClH/c1-26-21-10-15(11-25-13-17-3-2-8-24-12-17)5-7-20(21)27-14-16-4-6-18(22)19(23)9-16;/h2-10,12,25H,11,13-14H2,1H3;1H. The number of nitrogens with one attached hydrogen (secondary N) is 1. The number of aromatic nitrogens is 1. The molecule has 148 valence electrons. The molecular formula is C21H21Cl3N2O2. The van der Waals surface area contributed by atoms with E-state index in [-0.39, 0.29) is 12.4 Å². The van der Waals surface area contributed by atoms with E-state index < -0.39 is 0 Å². The SMILES string of the molecule is COc1cc(CNCc2cccnc2)ccc1OCc1ccc(Cl)c(Cl)c1.Cl. The molecule has 0 amide bonds. The number of hydrogen-bond acceptors (Lipinski definition) is 4.